The van der Waals surface area contributed by atoms with Gasteiger partial charge in [0.05, 0.1) is 24.9 Å². The number of aromatic nitrogens is 1. The molecule has 4 nitrogen and oxygen atoms in total. The standard InChI is InChI=1S/C19H17NO3/c1-23-17-10-6-5-9-15(17)13-20-12-11-16(19(21)22)18(20)14-7-3-2-4-8-14/h2-12H,13H2,1H3,(H,21,22). The van der Waals surface area contributed by atoms with E-state index in [1.807, 2.05) is 59.2 Å². The summed E-state index contributed by atoms with van der Waals surface area (Å²) >= 11 is 0. The Kier molecular flexibility index (Phi) is 4.15. The first-order chi connectivity index (χ1) is 11.2. The second kappa shape index (κ2) is 6.40. The van der Waals surface area contributed by atoms with Gasteiger partial charge in [0.1, 0.15) is 5.75 Å². The van der Waals surface area contributed by atoms with Gasteiger partial charge in [0.25, 0.3) is 0 Å². The summed E-state index contributed by atoms with van der Waals surface area (Å²) in [6.07, 6.45) is 1.80. The first-order valence-corrected chi connectivity index (χ1v) is 7.30. The second-order valence-corrected chi connectivity index (χ2v) is 5.19. The second-order valence-electron chi connectivity index (χ2n) is 5.19. The molecule has 0 fully saturated rings. The largest absolute Gasteiger partial charge is 0.496 e. The highest BCUT2D eigenvalue weighted by Gasteiger charge is 2.17. The monoisotopic (exact) mass is 307 g/mol. The van der Waals surface area contributed by atoms with Crippen LogP contribution in [0.3, 0.4) is 0 Å². The molecule has 3 rings (SSSR count). The Bertz CT molecular complexity index is 822. The van der Waals surface area contributed by atoms with Crippen LogP contribution in [0.1, 0.15) is 15.9 Å². The minimum absolute atomic E-state index is 0.297. The van der Waals surface area contributed by atoms with Gasteiger partial charge in [0, 0.05) is 11.8 Å². The molecule has 1 aromatic heterocycles. The van der Waals surface area contributed by atoms with Gasteiger partial charge in [-0.05, 0) is 17.7 Å². The minimum Gasteiger partial charge on any atom is -0.496 e. The van der Waals surface area contributed by atoms with Crippen LogP contribution in [0.2, 0.25) is 0 Å². The number of hydrogen-bond acceptors (Lipinski definition) is 2. The van der Waals surface area contributed by atoms with E-state index in [1.54, 1.807) is 19.4 Å². The highest BCUT2D eigenvalue weighted by molar-refractivity contribution is 5.95. The van der Waals surface area contributed by atoms with Gasteiger partial charge < -0.3 is 14.4 Å². The van der Waals surface area contributed by atoms with E-state index in [0.717, 1.165) is 16.9 Å². The number of para-hydroxylation sites is 1. The molecule has 116 valence electrons. The minimum atomic E-state index is -0.928. The fourth-order valence-corrected chi connectivity index (χ4v) is 2.71. The Balaban J connectivity index is 2.08. The molecule has 4 heteroatoms. The predicted molar refractivity (Wildman–Crippen MR) is 88.9 cm³/mol. The SMILES string of the molecule is COc1ccccc1Cn1ccc(C(=O)O)c1-c1ccccc1. The first kappa shape index (κ1) is 14.9. The van der Waals surface area contributed by atoms with Crippen molar-refractivity contribution >= 4 is 5.97 Å². The number of hydrogen-bond donors (Lipinski definition) is 1. The quantitative estimate of drug-likeness (QED) is 0.777. The molecule has 1 heterocycles. The van der Waals surface area contributed by atoms with Crippen molar-refractivity contribution in [1.82, 2.24) is 4.57 Å². The third-order valence-electron chi connectivity index (χ3n) is 3.77. The third-order valence-corrected chi connectivity index (χ3v) is 3.77. The summed E-state index contributed by atoms with van der Waals surface area (Å²) < 4.78 is 7.33. The van der Waals surface area contributed by atoms with Crippen molar-refractivity contribution in [3.8, 4) is 17.0 Å². The van der Waals surface area contributed by atoms with E-state index in [1.165, 1.54) is 0 Å². The van der Waals surface area contributed by atoms with E-state index in [-0.39, 0.29) is 0 Å². The number of carboxylic acids is 1. The summed E-state index contributed by atoms with van der Waals surface area (Å²) in [6, 6.07) is 18.9. The molecule has 0 aliphatic carbocycles. The zero-order valence-electron chi connectivity index (χ0n) is 12.8. The molecule has 0 aliphatic rings. The van der Waals surface area contributed by atoms with Gasteiger partial charge in [-0.3, -0.25) is 0 Å². The van der Waals surface area contributed by atoms with Crippen LogP contribution in [0.5, 0.6) is 5.75 Å². The number of methoxy groups -OCH3 is 1. The van der Waals surface area contributed by atoms with Crippen LogP contribution >= 0.6 is 0 Å². The molecule has 3 aromatic rings. The molecular weight excluding hydrogens is 290 g/mol. The lowest BCUT2D eigenvalue weighted by atomic mass is 10.1. The molecule has 0 aliphatic heterocycles. The fourth-order valence-electron chi connectivity index (χ4n) is 2.71. The molecule has 0 atom stereocenters. The van der Waals surface area contributed by atoms with E-state index in [4.69, 9.17) is 4.74 Å². The maximum Gasteiger partial charge on any atom is 0.337 e. The van der Waals surface area contributed by atoms with Crippen molar-refractivity contribution in [2.75, 3.05) is 7.11 Å². The molecule has 0 saturated heterocycles. The van der Waals surface area contributed by atoms with Gasteiger partial charge >= 0.3 is 5.97 Å². The number of nitrogens with zero attached hydrogens (tertiary/aromatic N) is 1. The smallest absolute Gasteiger partial charge is 0.337 e. The van der Waals surface area contributed by atoms with Crippen molar-refractivity contribution in [2.45, 2.75) is 6.54 Å². The van der Waals surface area contributed by atoms with Crippen molar-refractivity contribution in [2.24, 2.45) is 0 Å². The third kappa shape index (κ3) is 2.97. The highest BCUT2D eigenvalue weighted by atomic mass is 16.5. The van der Waals surface area contributed by atoms with Crippen LogP contribution in [0.4, 0.5) is 0 Å². The summed E-state index contributed by atoms with van der Waals surface area (Å²) in [6.45, 7) is 0.543. The fraction of sp³-hybridized carbons (Fsp3) is 0.105. The van der Waals surface area contributed by atoms with E-state index >= 15 is 0 Å². The van der Waals surface area contributed by atoms with Crippen LogP contribution in [-0.4, -0.2) is 22.8 Å². The summed E-state index contributed by atoms with van der Waals surface area (Å²) in [5.74, 6) is -0.139. The van der Waals surface area contributed by atoms with Gasteiger partial charge in [-0.25, -0.2) is 4.79 Å². The topological polar surface area (TPSA) is 51.5 Å². The Morgan fingerprint density at radius 1 is 1.04 bits per heavy atom. The molecule has 23 heavy (non-hydrogen) atoms. The molecular formula is C19H17NO3. The van der Waals surface area contributed by atoms with Gasteiger partial charge in [0.15, 0.2) is 0 Å². The normalized spacial score (nSPS) is 10.5. The molecule has 0 unspecified atom stereocenters. The number of carboxylic acid groups (broad SMARTS) is 1. The van der Waals surface area contributed by atoms with Gasteiger partial charge in [-0.2, -0.15) is 0 Å². The Labute approximate surface area is 134 Å². The number of rotatable bonds is 5. The number of ether oxygens (including phenoxy) is 1. The summed E-state index contributed by atoms with van der Waals surface area (Å²) in [7, 11) is 1.63. The molecule has 0 bridgehead atoms. The average Bonchev–Trinajstić information content (AvgIpc) is 3.00. The van der Waals surface area contributed by atoms with Crippen molar-refractivity contribution in [3.63, 3.8) is 0 Å². The van der Waals surface area contributed by atoms with E-state index in [9.17, 15) is 9.90 Å². The molecule has 0 radical (unpaired) electrons. The summed E-state index contributed by atoms with van der Waals surface area (Å²) in [4.78, 5) is 11.5. The van der Waals surface area contributed by atoms with Crippen LogP contribution in [0, 0.1) is 0 Å². The first-order valence-electron chi connectivity index (χ1n) is 7.30. The van der Waals surface area contributed by atoms with Crippen LogP contribution < -0.4 is 4.74 Å². The molecule has 1 N–H and O–H groups in total. The van der Waals surface area contributed by atoms with Crippen LogP contribution in [0.25, 0.3) is 11.3 Å². The maximum atomic E-state index is 11.5. The maximum absolute atomic E-state index is 11.5. The lowest BCUT2D eigenvalue weighted by molar-refractivity contribution is 0.0698. The molecule has 0 spiro atoms. The van der Waals surface area contributed by atoms with Crippen molar-refractivity contribution < 1.29 is 14.6 Å². The molecule has 0 amide bonds. The number of carbonyl (C=O) groups is 1. The van der Waals surface area contributed by atoms with Gasteiger partial charge in [-0.15, -0.1) is 0 Å². The highest BCUT2D eigenvalue weighted by Crippen LogP contribution is 2.28. The van der Waals surface area contributed by atoms with Gasteiger partial charge in [-0.1, -0.05) is 48.5 Å². The zero-order chi connectivity index (χ0) is 16.2. The van der Waals surface area contributed by atoms with Crippen LogP contribution in [0.15, 0.2) is 66.9 Å². The van der Waals surface area contributed by atoms with E-state index in [2.05, 4.69) is 0 Å². The van der Waals surface area contributed by atoms with Crippen LogP contribution in [-0.2, 0) is 6.54 Å². The number of benzene rings is 2. The summed E-state index contributed by atoms with van der Waals surface area (Å²) in [5.41, 5.74) is 2.87. The Morgan fingerprint density at radius 3 is 2.43 bits per heavy atom. The molecule has 2 aromatic carbocycles. The lowest BCUT2D eigenvalue weighted by Gasteiger charge is -2.13. The zero-order valence-corrected chi connectivity index (χ0v) is 12.8. The van der Waals surface area contributed by atoms with Crippen molar-refractivity contribution in [1.29, 1.82) is 0 Å². The van der Waals surface area contributed by atoms with E-state index < -0.39 is 5.97 Å². The summed E-state index contributed by atoms with van der Waals surface area (Å²) in [5, 5.41) is 9.47. The number of aromatic carboxylic acids is 1. The average molecular weight is 307 g/mol. The van der Waals surface area contributed by atoms with E-state index in [0.29, 0.717) is 17.8 Å². The molecule has 0 saturated carbocycles. The lowest BCUT2D eigenvalue weighted by Crippen LogP contribution is -2.05. The van der Waals surface area contributed by atoms with Crippen molar-refractivity contribution in [3.05, 3.63) is 78.0 Å². The van der Waals surface area contributed by atoms with Gasteiger partial charge in [0.2, 0.25) is 0 Å². The Hall–Kier alpha value is -3.01. The predicted octanol–water partition coefficient (Wildman–Crippen LogP) is 3.91. The Morgan fingerprint density at radius 2 is 1.74 bits per heavy atom.